The number of hydrogen-bond acceptors (Lipinski definition) is 0. The van der Waals surface area contributed by atoms with Crippen LogP contribution in [0.15, 0.2) is 0 Å². The lowest BCUT2D eigenvalue weighted by atomic mass is 9.84. The van der Waals surface area contributed by atoms with Crippen molar-refractivity contribution < 1.29 is 0 Å². The second-order valence-electron chi connectivity index (χ2n) is 8.53. The van der Waals surface area contributed by atoms with Gasteiger partial charge in [-0.05, 0) is 29.6 Å². The van der Waals surface area contributed by atoms with Crippen LogP contribution in [0.25, 0.3) is 0 Å². The third kappa shape index (κ3) is 11.6. The number of hydrogen-bond donors (Lipinski definition) is 0. The molecule has 0 heterocycles. The lowest BCUT2D eigenvalue weighted by molar-refractivity contribution is 0.295. The average molecular weight is 311 g/mol. The summed E-state index contributed by atoms with van der Waals surface area (Å²) in [6, 6.07) is 0. The smallest absolute Gasteiger partial charge is 0.0417 e. The van der Waals surface area contributed by atoms with Crippen LogP contribution in [0.3, 0.4) is 0 Å². The lowest BCUT2D eigenvalue weighted by Crippen LogP contribution is -2.10. The second kappa shape index (κ2) is 13.4. The fourth-order valence-corrected chi connectivity index (χ4v) is 3.27. The van der Waals surface area contributed by atoms with Gasteiger partial charge in [0.05, 0.1) is 0 Å². The Bertz CT molecular complexity index is 232. The molecule has 0 N–H and O–H groups in total. The highest BCUT2D eigenvalue weighted by Crippen LogP contribution is 2.27. The molecule has 0 aromatic carbocycles. The highest BCUT2D eigenvalue weighted by molar-refractivity contribution is 4.66. The van der Waals surface area contributed by atoms with Crippen LogP contribution in [-0.2, 0) is 0 Å². The summed E-state index contributed by atoms with van der Waals surface area (Å²) in [6.07, 6.45) is 14.2. The first-order valence-corrected chi connectivity index (χ1v) is 10.4. The van der Waals surface area contributed by atoms with Crippen LogP contribution >= 0.6 is 0 Å². The Balaban J connectivity index is 3.70. The molecule has 0 bridgehead atoms. The van der Waals surface area contributed by atoms with Crippen molar-refractivity contribution in [2.24, 2.45) is 29.6 Å². The van der Waals surface area contributed by atoms with Gasteiger partial charge in [0, 0.05) is 0 Å². The van der Waals surface area contributed by atoms with Crippen LogP contribution in [-0.4, -0.2) is 0 Å². The molecular weight excluding hydrogens is 264 g/mol. The zero-order valence-electron chi connectivity index (χ0n) is 17.0. The molecule has 22 heavy (non-hydrogen) atoms. The van der Waals surface area contributed by atoms with Crippen molar-refractivity contribution in [1.82, 2.24) is 0 Å². The first kappa shape index (κ1) is 22.0. The molecule has 0 aromatic rings. The standard InChI is InChI=1S/C22H46/c1-8-18(3)12-10-14-20(5)16-17-22(7)21(6)15-11-13-19(4)9-2/h18-22H,8-17H2,1-7H3. The minimum Gasteiger partial charge on any atom is -0.0651 e. The van der Waals surface area contributed by atoms with Gasteiger partial charge in [-0.15, -0.1) is 0 Å². The summed E-state index contributed by atoms with van der Waals surface area (Å²) < 4.78 is 0. The number of rotatable bonds is 14. The molecule has 5 atom stereocenters. The van der Waals surface area contributed by atoms with Gasteiger partial charge in [0.2, 0.25) is 0 Å². The normalized spacial score (nSPS) is 18.7. The highest BCUT2D eigenvalue weighted by Gasteiger charge is 2.14. The summed E-state index contributed by atoms with van der Waals surface area (Å²) in [4.78, 5) is 0. The van der Waals surface area contributed by atoms with Crippen molar-refractivity contribution in [2.45, 2.75) is 113 Å². The van der Waals surface area contributed by atoms with Gasteiger partial charge in [-0.25, -0.2) is 0 Å². The van der Waals surface area contributed by atoms with Gasteiger partial charge in [-0.1, -0.05) is 113 Å². The summed E-state index contributed by atoms with van der Waals surface area (Å²) in [7, 11) is 0. The van der Waals surface area contributed by atoms with Gasteiger partial charge in [0.25, 0.3) is 0 Å². The van der Waals surface area contributed by atoms with Crippen molar-refractivity contribution in [3.05, 3.63) is 0 Å². The van der Waals surface area contributed by atoms with E-state index in [2.05, 4.69) is 48.5 Å². The first-order valence-electron chi connectivity index (χ1n) is 10.4. The van der Waals surface area contributed by atoms with Crippen LogP contribution in [0.2, 0.25) is 0 Å². The quantitative estimate of drug-likeness (QED) is 0.304. The van der Waals surface area contributed by atoms with Crippen LogP contribution in [0.5, 0.6) is 0 Å². The van der Waals surface area contributed by atoms with Gasteiger partial charge < -0.3 is 0 Å². The van der Waals surface area contributed by atoms with E-state index in [1.165, 1.54) is 64.2 Å². The molecule has 0 radical (unpaired) electrons. The van der Waals surface area contributed by atoms with Crippen molar-refractivity contribution in [3.8, 4) is 0 Å². The molecule has 0 aliphatic rings. The van der Waals surface area contributed by atoms with Crippen LogP contribution < -0.4 is 0 Å². The molecule has 5 unspecified atom stereocenters. The van der Waals surface area contributed by atoms with Gasteiger partial charge in [-0.3, -0.25) is 0 Å². The maximum atomic E-state index is 2.49. The van der Waals surface area contributed by atoms with Gasteiger partial charge in [0.1, 0.15) is 0 Å². The third-order valence-electron chi connectivity index (χ3n) is 6.23. The molecule has 0 spiro atoms. The van der Waals surface area contributed by atoms with E-state index in [1.807, 2.05) is 0 Å². The van der Waals surface area contributed by atoms with E-state index in [1.54, 1.807) is 0 Å². The molecule has 0 fully saturated rings. The van der Waals surface area contributed by atoms with Crippen molar-refractivity contribution in [2.75, 3.05) is 0 Å². The van der Waals surface area contributed by atoms with E-state index in [-0.39, 0.29) is 0 Å². The minimum atomic E-state index is 0.911. The Morgan fingerprint density at radius 3 is 1.36 bits per heavy atom. The molecule has 0 aliphatic heterocycles. The maximum absolute atomic E-state index is 2.49. The van der Waals surface area contributed by atoms with E-state index in [0.29, 0.717) is 0 Å². The minimum absolute atomic E-state index is 0.911. The fourth-order valence-electron chi connectivity index (χ4n) is 3.27. The summed E-state index contributed by atoms with van der Waals surface area (Å²) >= 11 is 0. The van der Waals surface area contributed by atoms with E-state index in [9.17, 15) is 0 Å². The average Bonchev–Trinajstić information content (AvgIpc) is 2.51. The molecule has 0 amide bonds. The highest BCUT2D eigenvalue weighted by atomic mass is 14.2. The van der Waals surface area contributed by atoms with E-state index >= 15 is 0 Å². The maximum Gasteiger partial charge on any atom is -0.0417 e. The van der Waals surface area contributed by atoms with Crippen molar-refractivity contribution in [3.63, 3.8) is 0 Å². The van der Waals surface area contributed by atoms with Crippen molar-refractivity contribution in [1.29, 1.82) is 0 Å². The van der Waals surface area contributed by atoms with Gasteiger partial charge in [0.15, 0.2) is 0 Å². The van der Waals surface area contributed by atoms with Gasteiger partial charge >= 0.3 is 0 Å². The van der Waals surface area contributed by atoms with Crippen LogP contribution in [0.1, 0.15) is 113 Å². The Morgan fingerprint density at radius 2 is 0.864 bits per heavy atom. The second-order valence-corrected chi connectivity index (χ2v) is 8.53. The van der Waals surface area contributed by atoms with Crippen LogP contribution in [0, 0.1) is 29.6 Å². The topological polar surface area (TPSA) is 0 Å². The molecule has 0 nitrogen and oxygen atoms in total. The Hall–Kier alpha value is 0. The molecule has 0 aromatic heterocycles. The predicted octanol–water partition coefficient (Wildman–Crippen LogP) is 8.11. The Labute approximate surface area is 142 Å². The van der Waals surface area contributed by atoms with Crippen LogP contribution in [0.4, 0.5) is 0 Å². The SMILES string of the molecule is CCC(C)CCCC(C)CCC(C)C(C)CCCC(C)CC. The molecule has 0 saturated carbocycles. The molecule has 0 rings (SSSR count). The fraction of sp³-hybridized carbons (Fsp3) is 1.00. The predicted molar refractivity (Wildman–Crippen MR) is 103 cm³/mol. The molecule has 0 saturated heterocycles. The van der Waals surface area contributed by atoms with Crippen molar-refractivity contribution >= 4 is 0 Å². The van der Waals surface area contributed by atoms with E-state index in [4.69, 9.17) is 0 Å². The lowest BCUT2D eigenvalue weighted by Gasteiger charge is -2.22. The van der Waals surface area contributed by atoms with E-state index < -0.39 is 0 Å². The summed E-state index contributed by atoms with van der Waals surface area (Å²) in [6.45, 7) is 16.9. The molecule has 0 heteroatoms. The zero-order valence-corrected chi connectivity index (χ0v) is 17.0. The summed E-state index contributed by atoms with van der Waals surface area (Å²) in [5, 5.41) is 0. The molecular formula is C22H46. The zero-order chi connectivity index (χ0) is 17.0. The van der Waals surface area contributed by atoms with E-state index in [0.717, 1.165) is 29.6 Å². The van der Waals surface area contributed by atoms with Gasteiger partial charge in [-0.2, -0.15) is 0 Å². The largest absolute Gasteiger partial charge is 0.0651 e. The monoisotopic (exact) mass is 310 g/mol. The first-order chi connectivity index (χ1) is 10.4. The molecule has 0 aliphatic carbocycles. The Kier molecular flexibility index (Phi) is 13.4. The third-order valence-corrected chi connectivity index (χ3v) is 6.23. The molecule has 134 valence electrons. The summed E-state index contributed by atoms with van der Waals surface area (Å²) in [5.41, 5.74) is 0. The Morgan fingerprint density at radius 1 is 0.455 bits per heavy atom. The summed E-state index contributed by atoms with van der Waals surface area (Å²) in [5.74, 6) is 4.61.